The van der Waals surface area contributed by atoms with Crippen LogP contribution in [0.2, 0.25) is 0 Å². The molecule has 11 nitrogen and oxygen atoms in total. The zero-order valence-electron chi connectivity index (χ0n) is 23.2. The molecule has 0 saturated heterocycles. The molecular weight excluding hydrogens is 498 g/mol. The Hall–Kier alpha value is -3.34. The number of esters is 2. The molecule has 0 saturated carbocycles. The summed E-state index contributed by atoms with van der Waals surface area (Å²) in [5, 5.41) is 3.04. The Morgan fingerprint density at radius 2 is 1.42 bits per heavy atom. The number of methoxy groups -OCH3 is 1. The van der Waals surface area contributed by atoms with Gasteiger partial charge in [-0.1, -0.05) is 46.6 Å². The maximum Gasteiger partial charge on any atom is 0.513 e. The quantitative estimate of drug-likeness (QED) is 0.137. The van der Waals surface area contributed by atoms with Crippen molar-refractivity contribution in [3.63, 3.8) is 0 Å². The van der Waals surface area contributed by atoms with E-state index in [9.17, 15) is 19.2 Å². The van der Waals surface area contributed by atoms with E-state index in [0.29, 0.717) is 18.4 Å². The molecule has 1 unspecified atom stereocenters. The molecule has 0 heterocycles. The molecule has 11 heteroatoms. The molecule has 0 aliphatic rings. The molecule has 0 aliphatic carbocycles. The van der Waals surface area contributed by atoms with Gasteiger partial charge in [0, 0.05) is 6.54 Å². The molecule has 0 fully saturated rings. The summed E-state index contributed by atoms with van der Waals surface area (Å²) in [7, 11) is 1.27. The molecule has 0 radical (unpaired) electrons. The maximum atomic E-state index is 12.4. The molecule has 0 spiro atoms. The number of carbonyl (C=O) groups is 4. The minimum absolute atomic E-state index is 0.0421. The normalized spacial score (nSPS) is 12.3. The molecule has 0 amide bonds. The fraction of sp³-hybridized carbons (Fsp3) is 0.630. The zero-order chi connectivity index (χ0) is 28.5. The minimum atomic E-state index is -0.955. The van der Waals surface area contributed by atoms with Crippen LogP contribution in [0.25, 0.3) is 0 Å². The zero-order valence-corrected chi connectivity index (χ0v) is 23.2. The topological polar surface area (TPSA) is 136 Å². The monoisotopic (exact) mass is 539 g/mol. The van der Waals surface area contributed by atoms with Crippen LogP contribution in [0.15, 0.2) is 18.2 Å². The number of unbranched alkanes of at least 4 members (excludes halogenated alkanes) is 2. The summed E-state index contributed by atoms with van der Waals surface area (Å²) in [6.45, 7) is 9.67. The van der Waals surface area contributed by atoms with Crippen molar-refractivity contribution in [3.05, 3.63) is 23.8 Å². The van der Waals surface area contributed by atoms with Crippen LogP contribution in [0.4, 0.5) is 9.59 Å². The third-order valence-corrected chi connectivity index (χ3v) is 5.20. The second-order valence-corrected chi connectivity index (χ2v) is 8.98. The van der Waals surface area contributed by atoms with E-state index in [4.69, 9.17) is 28.4 Å². The van der Waals surface area contributed by atoms with Crippen molar-refractivity contribution < 1.29 is 47.6 Å². The van der Waals surface area contributed by atoms with Gasteiger partial charge in [-0.05, 0) is 43.9 Å². The van der Waals surface area contributed by atoms with E-state index in [1.807, 2.05) is 13.8 Å². The summed E-state index contributed by atoms with van der Waals surface area (Å²) in [6, 6.07) is 3.72. The highest BCUT2D eigenvalue weighted by Crippen LogP contribution is 2.30. The van der Waals surface area contributed by atoms with Crippen molar-refractivity contribution in [2.45, 2.75) is 78.9 Å². The molecule has 1 aromatic rings. The van der Waals surface area contributed by atoms with Crippen LogP contribution in [-0.4, -0.2) is 63.3 Å². The van der Waals surface area contributed by atoms with E-state index in [2.05, 4.69) is 5.32 Å². The first-order valence-electron chi connectivity index (χ1n) is 12.9. The van der Waals surface area contributed by atoms with Crippen LogP contribution < -0.4 is 14.8 Å². The van der Waals surface area contributed by atoms with Gasteiger partial charge in [0.1, 0.15) is 12.1 Å². The van der Waals surface area contributed by atoms with E-state index < -0.39 is 30.4 Å². The molecule has 1 aromatic carbocycles. The van der Waals surface area contributed by atoms with Crippen molar-refractivity contribution in [1.82, 2.24) is 5.32 Å². The largest absolute Gasteiger partial charge is 0.513 e. The molecule has 0 aromatic heterocycles. The van der Waals surface area contributed by atoms with E-state index in [-0.39, 0.29) is 49.6 Å². The lowest BCUT2D eigenvalue weighted by atomic mass is 10.0. The van der Waals surface area contributed by atoms with E-state index >= 15 is 0 Å². The molecular formula is C27H41NO10. The molecule has 0 bridgehead atoms. The summed E-state index contributed by atoms with van der Waals surface area (Å²) in [4.78, 5) is 48.5. The summed E-state index contributed by atoms with van der Waals surface area (Å²) in [5.41, 5.74) is 0.572. The summed E-state index contributed by atoms with van der Waals surface area (Å²) in [5.74, 6) is -1.26. The number of ether oxygens (including phenoxy) is 6. The predicted octanol–water partition coefficient (Wildman–Crippen LogP) is 4.58. The van der Waals surface area contributed by atoms with Crippen LogP contribution in [-0.2, 0) is 35.0 Å². The smallest absolute Gasteiger partial charge is 0.468 e. The number of hydrogen-bond acceptors (Lipinski definition) is 11. The van der Waals surface area contributed by atoms with Gasteiger partial charge in [0.15, 0.2) is 11.5 Å². The Kier molecular flexibility index (Phi) is 15.5. The first-order valence-corrected chi connectivity index (χ1v) is 12.9. The molecule has 1 rings (SSSR count). The lowest BCUT2D eigenvalue weighted by Crippen LogP contribution is -2.43. The molecule has 214 valence electrons. The lowest BCUT2D eigenvalue weighted by Gasteiger charge is -2.21. The predicted molar refractivity (Wildman–Crippen MR) is 138 cm³/mol. The minimum Gasteiger partial charge on any atom is -0.468 e. The summed E-state index contributed by atoms with van der Waals surface area (Å²) in [6.07, 6.45) is 0.783. The SMILES string of the molecule is CCCCOC(=O)Oc1ccc(C[C@H](NCC(C)OC(=O)C(C)C)C(=O)OC)cc1OC(=O)OCCCC. The summed E-state index contributed by atoms with van der Waals surface area (Å²) >= 11 is 0. The lowest BCUT2D eigenvalue weighted by molar-refractivity contribution is -0.152. The number of rotatable bonds is 16. The average Bonchev–Trinajstić information content (AvgIpc) is 2.87. The Bertz CT molecular complexity index is 902. The highest BCUT2D eigenvalue weighted by Gasteiger charge is 2.23. The van der Waals surface area contributed by atoms with Crippen molar-refractivity contribution in [3.8, 4) is 11.5 Å². The van der Waals surface area contributed by atoms with Crippen LogP contribution >= 0.6 is 0 Å². The molecule has 0 aliphatic heterocycles. The van der Waals surface area contributed by atoms with E-state index in [1.165, 1.54) is 19.2 Å². The third kappa shape index (κ3) is 12.8. The van der Waals surface area contributed by atoms with Gasteiger partial charge in [-0.15, -0.1) is 0 Å². The number of nitrogens with one attached hydrogen (secondary N) is 1. The third-order valence-electron chi connectivity index (χ3n) is 5.20. The van der Waals surface area contributed by atoms with Gasteiger partial charge in [0.05, 0.1) is 26.2 Å². The second kappa shape index (κ2) is 18.0. The van der Waals surface area contributed by atoms with Gasteiger partial charge in [-0.25, -0.2) is 9.59 Å². The van der Waals surface area contributed by atoms with Gasteiger partial charge in [-0.3, -0.25) is 9.59 Å². The van der Waals surface area contributed by atoms with Crippen molar-refractivity contribution in [2.24, 2.45) is 5.92 Å². The van der Waals surface area contributed by atoms with Gasteiger partial charge in [0.25, 0.3) is 0 Å². The first kappa shape index (κ1) is 32.7. The Morgan fingerprint density at radius 1 is 0.842 bits per heavy atom. The highest BCUT2D eigenvalue weighted by molar-refractivity contribution is 5.76. The Labute approximate surface area is 224 Å². The highest BCUT2D eigenvalue weighted by atomic mass is 16.7. The second-order valence-electron chi connectivity index (χ2n) is 8.98. The van der Waals surface area contributed by atoms with Gasteiger partial charge < -0.3 is 33.7 Å². The Balaban J connectivity index is 3.03. The van der Waals surface area contributed by atoms with E-state index in [1.54, 1.807) is 26.8 Å². The van der Waals surface area contributed by atoms with Crippen LogP contribution in [0, 0.1) is 5.92 Å². The van der Waals surface area contributed by atoms with Crippen molar-refractivity contribution >= 4 is 24.2 Å². The first-order chi connectivity index (χ1) is 18.1. The maximum absolute atomic E-state index is 12.4. The van der Waals surface area contributed by atoms with Crippen LogP contribution in [0.1, 0.15) is 65.9 Å². The van der Waals surface area contributed by atoms with Gasteiger partial charge in [-0.2, -0.15) is 0 Å². The molecule has 2 atom stereocenters. The van der Waals surface area contributed by atoms with Gasteiger partial charge in [0.2, 0.25) is 0 Å². The fourth-order valence-corrected chi connectivity index (χ4v) is 2.98. The summed E-state index contributed by atoms with van der Waals surface area (Å²) < 4.78 is 30.9. The molecule has 38 heavy (non-hydrogen) atoms. The van der Waals surface area contributed by atoms with Crippen LogP contribution in [0.5, 0.6) is 11.5 Å². The fourth-order valence-electron chi connectivity index (χ4n) is 2.98. The van der Waals surface area contributed by atoms with Crippen molar-refractivity contribution in [2.75, 3.05) is 26.9 Å². The van der Waals surface area contributed by atoms with Gasteiger partial charge >= 0.3 is 24.2 Å². The average molecular weight is 540 g/mol. The number of hydrogen-bond donors (Lipinski definition) is 1. The number of carbonyl (C=O) groups excluding carboxylic acids is 4. The molecule has 1 N–H and O–H groups in total. The number of benzene rings is 1. The van der Waals surface area contributed by atoms with Crippen molar-refractivity contribution in [1.29, 1.82) is 0 Å². The van der Waals surface area contributed by atoms with E-state index in [0.717, 1.165) is 12.8 Å². The standard InChI is InChI=1S/C27H41NO10/c1-7-9-13-34-26(31)37-22-12-11-20(16-23(22)38-27(32)35-14-10-8-2)15-21(25(30)33-6)28-17-19(5)36-24(29)18(3)4/h11-12,16,18-19,21,28H,7-10,13-15,17H2,1-6H3/t19?,21-/m0/s1. The Morgan fingerprint density at radius 3 is 1.95 bits per heavy atom. The van der Waals surface area contributed by atoms with Crippen LogP contribution in [0.3, 0.4) is 0 Å².